The summed E-state index contributed by atoms with van der Waals surface area (Å²) in [5, 5.41) is 29.4. The van der Waals surface area contributed by atoms with Gasteiger partial charge < -0.3 is 9.13 Å². The number of hydrogen-bond donors (Lipinski definition) is 0. The van der Waals surface area contributed by atoms with E-state index < -0.39 is 21.2 Å². The molecule has 0 radical (unpaired) electrons. The predicted octanol–water partition coefficient (Wildman–Crippen LogP) is 11.1. The normalized spacial score (nSPS) is 11.6. The summed E-state index contributed by atoms with van der Waals surface area (Å²) in [5.74, 6) is 0. The predicted molar refractivity (Wildman–Crippen MR) is 197 cm³/mol. The second kappa shape index (κ2) is 11.0. The molecule has 49 heavy (non-hydrogen) atoms. The summed E-state index contributed by atoms with van der Waals surface area (Å²) in [5.41, 5.74) is 6.02. The Kier molecular flexibility index (Phi) is 6.43. The van der Waals surface area contributed by atoms with Crippen molar-refractivity contribution in [1.82, 2.24) is 9.13 Å². The van der Waals surface area contributed by atoms with Gasteiger partial charge in [-0.25, -0.2) is 0 Å². The van der Waals surface area contributed by atoms with E-state index in [2.05, 4.69) is 57.7 Å². The largest absolute Gasteiger partial charge is 0.365 e. The molecule has 0 aliphatic carbocycles. The molecule has 9 rings (SSSR count). The van der Waals surface area contributed by atoms with Crippen LogP contribution >= 0.6 is 11.3 Å². The van der Waals surface area contributed by atoms with Gasteiger partial charge in [0.2, 0.25) is 0 Å². The van der Waals surface area contributed by atoms with E-state index in [1.54, 1.807) is 24.3 Å². The number of aromatic nitrogens is 2. The average Bonchev–Trinajstić information content (AvgIpc) is 3.81. The number of fused-ring (bicyclic) bond motifs is 6. The molecule has 0 aliphatic rings. The lowest BCUT2D eigenvalue weighted by Gasteiger charge is -2.09. The van der Waals surface area contributed by atoms with Crippen molar-refractivity contribution in [3.8, 4) is 32.3 Å². The van der Waals surface area contributed by atoms with Crippen LogP contribution in [-0.2, 0) is 0 Å². The summed E-state index contributed by atoms with van der Waals surface area (Å²) in [6, 6.07) is 47.5. The van der Waals surface area contributed by atoms with E-state index in [9.17, 15) is 20.2 Å². The van der Waals surface area contributed by atoms with Crippen molar-refractivity contribution in [2.45, 2.75) is 0 Å². The standard InChI is InChI=1S/C40H24N4O4S/c45-43(46)37-38(44(47)48)40(26-19-23-28(24-20-26)42-35-15-7-3-11-31(35)32-12-4-8-16-36(32)42)49-39(37)25-17-21-27(22-18-25)41-33-13-5-1-9-29(33)30-10-2-6-14-34(30)41/h1-24H. The lowest BCUT2D eigenvalue weighted by molar-refractivity contribution is -0.420. The van der Waals surface area contributed by atoms with Crippen molar-refractivity contribution in [2.75, 3.05) is 0 Å². The highest BCUT2D eigenvalue weighted by Crippen LogP contribution is 2.51. The molecule has 234 valence electrons. The van der Waals surface area contributed by atoms with Gasteiger partial charge >= 0.3 is 11.4 Å². The van der Waals surface area contributed by atoms with Crippen LogP contribution in [0, 0.1) is 20.2 Å². The molecular formula is C40H24N4O4S. The summed E-state index contributed by atoms with van der Waals surface area (Å²) in [7, 11) is 0. The highest BCUT2D eigenvalue weighted by molar-refractivity contribution is 7.20. The van der Waals surface area contributed by atoms with Gasteiger partial charge in [-0.2, -0.15) is 0 Å². The summed E-state index contributed by atoms with van der Waals surface area (Å²) in [4.78, 5) is 24.1. The van der Waals surface area contributed by atoms with E-state index in [4.69, 9.17) is 0 Å². The van der Waals surface area contributed by atoms with Crippen LogP contribution in [0.3, 0.4) is 0 Å². The fraction of sp³-hybridized carbons (Fsp3) is 0. The van der Waals surface area contributed by atoms with Crippen molar-refractivity contribution in [3.05, 3.63) is 166 Å². The Hall–Kier alpha value is -6.58. The molecule has 3 heterocycles. The first-order valence-corrected chi connectivity index (χ1v) is 16.4. The van der Waals surface area contributed by atoms with E-state index in [-0.39, 0.29) is 9.75 Å². The number of thiophene rings is 1. The van der Waals surface area contributed by atoms with Gasteiger partial charge in [0.25, 0.3) is 0 Å². The molecule has 0 bridgehead atoms. The van der Waals surface area contributed by atoms with E-state index in [1.807, 2.05) is 72.8 Å². The van der Waals surface area contributed by atoms with Crippen LogP contribution in [0.1, 0.15) is 0 Å². The molecule has 0 amide bonds. The Morgan fingerprint density at radius 3 is 0.980 bits per heavy atom. The third-order valence-electron chi connectivity index (χ3n) is 9.16. The molecule has 6 aromatic carbocycles. The van der Waals surface area contributed by atoms with Crippen molar-refractivity contribution in [1.29, 1.82) is 0 Å². The summed E-state index contributed by atoms with van der Waals surface area (Å²) >= 11 is 1.07. The van der Waals surface area contributed by atoms with Gasteiger partial charge in [0.15, 0.2) is 0 Å². The highest BCUT2D eigenvalue weighted by atomic mass is 32.1. The van der Waals surface area contributed by atoms with Gasteiger partial charge in [0.05, 0.1) is 31.9 Å². The molecule has 0 saturated carbocycles. The summed E-state index contributed by atoms with van der Waals surface area (Å²) < 4.78 is 4.31. The van der Waals surface area contributed by atoms with Crippen LogP contribution < -0.4 is 0 Å². The Morgan fingerprint density at radius 2 is 0.694 bits per heavy atom. The summed E-state index contributed by atoms with van der Waals surface area (Å²) in [6.07, 6.45) is 0. The quantitative estimate of drug-likeness (QED) is 0.131. The first kappa shape index (κ1) is 28.6. The fourth-order valence-corrected chi connectivity index (χ4v) is 8.32. The maximum absolute atomic E-state index is 12.5. The molecule has 8 nitrogen and oxygen atoms in total. The maximum atomic E-state index is 12.5. The number of rotatable bonds is 6. The average molecular weight is 657 g/mol. The van der Waals surface area contributed by atoms with Gasteiger partial charge in [-0.3, -0.25) is 20.2 Å². The molecule has 9 heteroatoms. The Balaban J connectivity index is 1.15. The minimum absolute atomic E-state index is 0.243. The van der Waals surface area contributed by atoms with Gasteiger partial charge in [0, 0.05) is 32.9 Å². The van der Waals surface area contributed by atoms with Crippen LogP contribution in [0.2, 0.25) is 0 Å². The number of nitrogens with zero attached hydrogens (tertiary/aromatic N) is 4. The zero-order valence-corrected chi connectivity index (χ0v) is 26.5. The maximum Gasteiger partial charge on any atom is 0.365 e. The van der Waals surface area contributed by atoms with Crippen LogP contribution in [0.25, 0.3) is 75.9 Å². The smallest absolute Gasteiger partial charge is 0.309 e. The molecule has 0 N–H and O–H groups in total. The molecule has 0 spiro atoms. The Morgan fingerprint density at radius 1 is 0.408 bits per heavy atom. The van der Waals surface area contributed by atoms with Crippen molar-refractivity contribution < 1.29 is 9.85 Å². The highest BCUT2D eigenvalue weighted by Gasteiger charge is 2.37. The monoisotopic (exact) mass is 656 g/mol. The molecule has 0 unspecified atom stereocenters. The van der Waals surface area contributed by atoms with Crippen molar-refractivity contribution in [3.63, 3.8) is 0 Å². The SMILES string of the molecule is O=[N+]([O-])c1c(-c2ccc(-n3c4ccccc4c4ccccc43)cc2)sc(-c2ccc(-n3c4ccccc4c4ccccc43)cc2)c1[N+](=O)[O-]. The van der Waals surface area contributed by atoms with Crippen LogP contribution in [0.4, 0.5) is 11.4 Å². The van der Waals surface area contributed by atoms with Gasteiger partial charge in [-0.1, -0.05) is 97.1 Å². The first-order chi connectivity index (χ1) is 24.0. The fourth-order valence-electron chi connectivity index (χ4n) is 7.07. The minimum atomic E-state index is -0.638. The van der Waals surface area contributed by atoms with Crippen LogP contribution in [0.15, 0.2) is 146 Å². The lowest BCUT2D eigenvalue weighted by atomic mass is 10.1. The summed E-state index contributed by atoms with van der Waals surface area (Å²) in [6.45, 7) is 0. The third-order valence-corrected chi connectivity index (χ3v) is 10.4. The number of nitro groups is 2. The second-order valence-corrected chi connectivity index (χ2v) is 12.8. The van der Waals surface area contributed by atoms with Crippen molar-refractivity contribution in [2.24, 2.45) is 0 Å². The van der Waals surface area contributed by atoms with Gasteiger partial charge in [0.1, 0.15) is 9.75 Å². The van der Waals surface area contributed by atoms with E-state index >= 15 is 0 Å². The molecule has 0 saturated heterocycles. The molecule has 0 fully saturated rings. The number of para-hydroxylation sites is 4. The van der Waals surface area contributed by atoms with Gasteiger partial charge in [-0.05, 0) is 59.7 Å². The molecule has 9 aromatic rings. The first-order valence-electron chi connectivity index (χ1n) is 15.6. The minimum Gasteiger partial charge on any atom is -0.309 e. The van der Waals surface area contributed by atoms with Crippen molar-refractivity contribution >= 4 is 66.3 Å². The Labute approximate surface area is 282 Å². The van der Waals surface area contributed by atoms with Gasteiger partial charge in [-0.15, -0.1) is 11.3 Å². The van der Waals surface area contributed by atoms with Crippen LogP contribution in [-0.4, -0.2) is 19.0 Å². The van der Waals surface area contributed by atoms with E-state index in [0.717, 1.165) is 66.3 Å². The van der Waals surface area contributed by atoms with E-state index in [1.165, 1.54) is 0 Å². The zero-order valence-electron chi connectivity index (χ0n) is 25.7. The lowest BCUT2D eigenvalue weighted by Crippen LogP contribution is -1.97. The van der Waals surface area contributed by atoms with Crippen LogP contribution in [0.5, 0.6) is 0 Å². The second-order valence-electron chi connectivity index (χ2n) is 11.8. The zero-order chi connectivity index (χ0) is 33.2. The molecule has 0 atom stereocenters. The Bertz CT molecular complexity index is 2480. The molecular weight excluding hydrogens is 633 g/mol. The molecule has 0 aliphatic heterocycles. The topological polar surface area (TPSA) is 96.1 Å². The third kappa shape index (κ3) is 4.37. The number of hydrogen-bond acceptors (Lipinski definition) is 5. The number of benzene rings is 6. The van der Waals surface area contributed by atoms with E-state index in [0.29, 0.717) is 11.1 Å². The molecule has 3 aromatic heterocycles.